The zero-order valence-electron chi connectivity index (χ0n) is 13.1. The third-order valence-electron chi connectivity index (χ3n) is 3.39. The Balaban J connectivity index is 0.000000956. The minimum Gasteiger partial charge on any atom is -0.356 e. The van der Waals surface area contributed by atoms with Crippen molar-refractivity contribution in [2.24, 2.45) is 4.99 Å². The normalized spacial score (nSPS) is 19.7. The topological polar surface area (TPSA) is 32.7 Å². The number of carbonyl (C=O) groups excluding carboxylic acids is 1. The summed E-state index contributed by atoms with van der Waals surface area (Å²) in [5.41, 5.74) is 2.45. The summed E-state index contributed by atoms with van der Waals surface area (Å²) in [7, 11) is 1.83. The van der Waals surface area contributed by atoms with Gasteiger partial charge >= 0.3 is 0 Å². The third kappa shape index (κ3) is 4.48. The average Bonchev–Trinajstić information content (AvgIpc) is 2.69. The molecule has 110 valence electrons. The Labute approximate surface area is 122 Å². The van der Waals surface area contributed by atoms with Gasteiger partial charge in [0.05, 0.1) is 0 Å². The van der Waals surface area contributed by atoms with Gasteiger partial charge in [0.1, 0.15) is 11.6 Å². The summed E-state index contributed by atoms with van der Waals surface area (Å²) in [5, 5.41) is 0. The SMILES string of the molecule is CC.CN=C(C1=CCC=C(C)C=C1)N1CCC(=O)CC1. The number of allylic oxidation sites excluding steroid dienone is 4. The highest BCUT2D eigenvalue weighted by atomic mass is 16.1. The molecule has 0 atom stereocenters. The van der Waals surface area contributed by atoms with E-state index in [2.05, 4.69) is 41.1 Å². The first kappa shape index (κ1) is 16.4. The van der Waals surface area contributed by atoms with Crippen LogP contribution in [0.15, 0.2) is 40.4 Å². The lowest BCUT2D eigenvalue weighted by molar-refractivity contribution is -0.120. The number of amidine groups is 1. The van der Waals surface area contributed by atoms with E-state index in [9.17, 15) is 4.79 Å². The molecule has 3 heteroatoms. The van der Waals surface area contributed by atoms with Crippen molar-refractivity contribution in [2.45, 2.75) is 40.0 Å². The molecule has 0 aromatic rings. The summed E-state index contributed by atoms with van der Waals surface area (Å²) >= 11 is 0. The minimum absolute atomic E-state index is 0.365. The van der Waals surface area contributed by atoms with Gasteiger partial charge in [0, 0.05) is 38.6 Å². The van der Waals surface area contributed by atoms with Crippen molar-refractivity contribution in [3.63, 3.8) is 0 Å². The Morgan fingerprint density at radius 2 is 1.80 bits per heavy atom. The summed E-state index contributed by atoms with van der Waals surface area (Å²) in [6.45, 7) is 7.70. The number of likely N-dealkylation sites (tertiary alicyclic amines) is 1. The zero-order chi connectivity index (χ0) is 15.0. The first-order chi connectivity index (χ1) is 9.70. The summed E-state index contributed by atoms with van der Waals surface area (Å²) in [6.07, 6.45) is 10.9. The van der Waals surface area contributed by atoms with Crippen molar-refractivity contribution in [3.05, 3.63) is 35.5 Å². The van der Waals surface area contributed by atoms with Crippen LogP contribution in [-0.2, 0) is 4.79 Å². The van der Waals surface area contributed by atoms with Gasteiger partial charge in [-0.15, -0.1) is 0 Å². The summed E-state index contributed by atoms with van der Waals surface area (Å²) in [5.74, 6) is 1.38. The second-order valence-electron chi connectivity index (χ2n) is 4.75. The maximum atomic E-state index is 11.3. The van der Waals surface area contributed by atoms with Gasteiger partial charge < -0.3 is 4.90 Å². The van der Waals surface area contributed by atoms with Gasteiger partial charge in [0.25, 0.3) is 0 Å². The smallest absolute Gasteiger partial charge is 0.136 e. The molecule has 0 N–H and O–H groups in total. The number of nitrogens with zero attached hydrogens (tertiary/aromatic N) is 2. The standard InChI is InChI=1S/C15H20N2O.C2H6/c1-12-4-3-5-13(7-6-12)15(16-2)17-10-8-14(18)9-11-17;1-2/h4-7H,3,8-11H2,1-2H3;1-2H3. The highest BCUT2D eigenvalue weighted by molar-refractivity contribution is 6.01. The van der Waals surface area contributed by atoms with Crippen LogP contribution in [0.5, 0.6) is 0 Å². The molecule has 0 aromatic carbocycles. The van der Waals surface area contributed by atoms with E-state index in [4.69, 9.17) is 0 Å². The number of rotatable bonds is 1. The van der Waals surface area contributed by atoms with Crippen molar-refractivity contribution in [1.82, 2.24) is 4.90 Å². The summed E-state index contributed by atoms with van der Waals surface area (Å²) < 4.78 is 0. The lowest BCUT2D eigenvalue weighted by Gasteiger charge is -2.29. The van der Waals surface area contributed by atoms with Gasteiger partial charge in [-0.05, 0) is 13.3 Å². The van der Waals surface area contributed by atoms with E-state index in [1.165, 1.54) is 11.1 Å². The fraction of sp³-hybridized carbons (Fsp3) is 0.529. The quantitative estimate of drug-likeness (QED) is 0.541. The van der Waals surface area contributed by atoms with Crippen molar-refractivity contribution >= 4 is 11.6 Å². The van der Waals surface area contributed by atoms with Crippen LogP contribution in [0.1, 0.15) is 40.0 Å². The van der Waals surface area contributed by atoms with E-state index >= 15 is 0 Å². The predicted octanol–water partition coefficient (Wildman–Crippen LogP) is 3.54. The largest absolute Gasteiger partial charge is 0.356 e. The Morgan fingerprint density at radius 1 is 1.15 bits per heavy atom. The van der Waals surface area contributed by atoms with Crippen LogP contribution in [0.4, 0.5) is 0 Å². The predicted molar refractivity (Wildman–Crippen MR) is 86.1 cm³/mol. The molecule has 0 spiro atoms. The van der Waals surface area contributed by atoms with Crippen LogP contribution in [-0.4, -0.2) is 36.7 Å². The molecule has 1 heterocycles. The van der Waals surface area contributed by atoms with E-state index in [0.717, 1.165) is 25.3 Å². The van der Waals surface area contributed by atoms with Crippen LogP contribution in [0.3, 0.4) is 0 Å². The summed E-state index contributed by atoms with van der Waals surface area (Å²) in [4.78, 5) is 17.9. The first-order valence-corrected chi connectivity index (χ1v) is 7.49. The van der Waals surface area contributed by atoms with Crippen LogP contribution >= 0.6 is 0 Å². The molecule has 0 bridgehead atoms. The van der Waals surface area contributed by atoms with Crippen LogP contribution in [0.25, 0.3) is 0 Å². The Kier molecular flexibility index (Phi) is 6.99. The van der Waals surface area contributed by atoms with Crippen molar-refractivity contribution in [1.29, 1.82) is 0 Å². The van der Waals surface area contributed by atoms with E-state index in [1.54, 1.807) is 0 Å². The number of piperidine rings is 1. The number of Topliss-reactive ketones (excluding diaryl/α,β-unsaturated/α-hetero) is 1. The maximum absolute atomic E-state index is 11.3. The van der Waals surface area contributed by atoms with Crippen LogP contribution in [0, 0.1) is 0 Å². The van der Waals surface area contributed by atoms with Crippen molar-refractivity contribution in [3.8, 4) is 0 Å². The second-order valence-corrected chi connectivity index (χ2v) is 4.75. The molecular formula is C17H26N2O. The summed E-state index contributed by atoms with van der Waals surface area (Å²) in [6, 6.07) is 0. The highest BCUT2D eigenvalue weighted by Gasteiger charge is 2.20. The first-order valence-electron chi connectivity index (χ1n) is 7.49. The number of aliphatic imine (C=N–C) groups is 1. The van der Waals surface area contributed by atoms with Gasteiger partial charge in [0.2, 0.25) is 0 Å². The zero-order valence-corrected chi connectivity index (χ0v) is 13.1. The van der Waals surface area contributed by atoms with E-state index in [0.29, 0.717) is 18.6 Å². The number of carbonyl (C=O) groups is 1. The average molecular weight is 274 g/mol. The fourth-order valence-corrected chi connectivity index (χ4v) is 2.32. The highest BCUT2D eigenvalue weighted by Crippen LogP contribution is 2.16. The van der Waals surface area contributed by atoms with Crippen molar-refractivity contribution in [2.75, 3.05) is 20.1 Å². The molecule has 0 radical (unpaired) electrons. The van der Waals surface area contributed by atoms with E-state index in [-0.39, 0.29) is 0 Å². The number of hydrogen-bond donors (Lipinski definition) is 0. The molecule has 1 saturated heterocycles. The number of hydrogen-bond acceptors (Lipinski definition) is 2. The lowest BCUT2D eigenvalue weighted by atomic mass is 10.1. The molecule has 0 aromatic heterocycles. The molecule has 2 rings (SSSR count). The van der Waals surface area contributed by atoms with Crippen LogP contribution < -0.4 is 0 Å². The van der Waals surface area contributed by atoms with Crippen LogP contribution in [0.2, 0.25) is 0 Å². The fourth-order valence-electron chi connectivity index (χ4n) is 2.32. The molecule has 3 nitrogen and oxygen atoms in total. The molecule has 20 heavy (non-hydrogen) atoms. The van der Waals surface area contributed by atoms with Gasteiger partial charge in [-0.1, -0.05) is 43.7 Å². The lowest BCUT2D eigenvalue weighted by Crippen LogP contribution is -2.39. The molecule has 1 aliphatic carbocycles. The minimum atomic E-state index is 0.365. The molecular weight excluding hydrogens is 248 g/mol. The van der Waals surface area contributed by atoms with Gasteiger partial charge in [-0.3, -0.25) is 9.79 Å². The molecule has 0 unspecified atom stereocenters. The molecule has 1 aliphatic heterocycles. The maximum Gasteiger partial charge on any atom is 0.136 e. The second kappa shape index (κ2) is 8.51. The monoisotopic (exact) mass is 274 g/mol. The van der Waals surface area contributed by atoms with Gasteiger partial charge in [-0.2, -0.15) is 0 Å². The Morgan fingerprint density at radius 3 is 2.40 bits per heavy atom. The van der Waals surface area contributed by atoms with E-state index < -0.39 is 0 Å². The molecule has 2 aliphatic rings. The Bertz CT molecular complexity index is 446. The van der Waals surface area contributed by atoms with Crippen molar-refractivity contribution < 1.29 is 4.79 Å². The van der Waals surface area contributed by atoms with Gasteiger partial charge in [-0.25, -0.2) is 0 Å². The molecule has 0 saturated carbocycles. The van der Waals surface area contributed by atoms with Gasteiger partial charge in [0.15, 0.2) is 0 Å². The molecule has 0 amide bonds. The number of ketones is 1. The van der Waals surface area contributed by atoms with E-state index in [1.807, 2.05) is 20.9 Å². The molecule has 1 fully saturated rings. The Hall–Kier alpha value is -1.64. The third-order valence-corrected chi connectivity index (χ3v) is 3.39.